The number of carbonyl (C=O) groups is 2. The summed E-state index contributed by atoms with van der Waals surface area (Å²) in [5.41, 5.74) is 0.360. The van der Waals surface area contributed by atoms with Gasteiger partial charge in [-0.3, -0.25) is 13.9 Å². The molecule has 0 aliphatic rings. The molecule has 0 aromatic heterocycles. The van der Waals surface area contributed by atoms with Crippen molar-refractivity contribution in [2.24, 2.45) is 5.92 Å². The number of halogens is 4. The Morgan fingerprint density at radius 3 is 2.18 bits per heavy atom. The number of nitrogens with one attached hydrogen (secondary N) is 1. The van der Waals surface area contributed by atoms with Crippen molar-refractivity contribution in [3.8, 4) is 5.75 Å². The minimum absolute atomic E-state index is 0.0738. The zero-order valence-corrected chi connectivity index (χ0v) is 29.6. The molecule has 13 heteroatoms. The van der Waals surface area contributed by atoms with E-state index in [-0.39, 0.29) is 23.8 Å². The summed E-state index contributed by atoms with van der Waals surface area (Å²) < 4.78 is 76.4. The van der Waals surface area contributed by atoms with Gasteiger partial charge in [-0.25, -0.2) is 8.42 Å². The summed E-state index contributed by atoms with van der Waals surface area (Å²) in [6.07, 6.45) is -4.84. The Kier molecular flexibility index (Phi) is 12.6. The van der Waals surface area contributed by atoms with Crippen molar-refractivity contribution in [1.82, 2.24) is 10.2 Å². The standard InChI is InChI=1S/C37H39ClF3N3O5S/c1-25(2)22-42-36(46)34(20-27-9-6-5-7-10-27)43(23-28-11-8-12-30(19-28)49-4)35(45)24-44(50(47,48)31-16-13-26(3)14-17-31)29-15-18-33(38)32(21-29)37(39,40)41/h5-19,21,25,34H,20,22-24H2,1-4H3,(H,42,46). The Hall–Kier alpha value is -4.55. The van der Waals surface area contributed by atoms with Crippen molar-refractivity contribution >= 4 is 39.1 Å². The van der Waals surface area contributed by atoms with E-state index < -0.39 is 56.9 Å². The highest BCUT2D eigenvalue weighted by atomic mass is 35.5. The average molecular weight is 730 g/mol. The molecule has 0 fully saturated rings. The summed E-state index contributed by atoms with van der Waals surface area (Å²) in [4.78, 5) is 29.5. The van der Waals surface area contributed by atoms with Crippen LogP contribution >= 0.6 is 11.6 Å². The summed E-state index contributed by atoms with van der Waals surface area (Å²) >= 11 is 5.89. The molecule has 4 aromatic rings. The number of rotatable bonds is 14. The fourth-order valence-corrected chi connectivity index (χ4v) is 6.83. The molecule has 50 heavy (non-hydrogen) atoms. The molecular weight excluding hydrogens is 691 g/mol. The van der Waals surface area contributed by atoms with E-state index >= 15 is 0 Å². The van der Waals surface area contributed by atoms with Crippen molar-refractivity contribution in [2.75, 3.05) is 24.5 Å². The summed E-state index contributed by atoms with van der Waals surface area (Å²) in [6, 6.07) is 23.1. The summed E-state index contributed by atoms with van der Waals surface area (Å²) in [6.45, 7) is 4.82. The van der Waals surface area contributed by atoms with Crippen molar-refractivity contribution in [3.05, 3.63) is 124 Å². The lowest BCUT2D eigenvalue weighted by Crippen LogP contribution is -2.53. The van der Waals surface area contributed by atoms with E-state index in [1.165, 1.54) is 24.1 Å². The Balaban J connectivity index is 1.87. The number of hydrogen-bond acceptors (Lipinski definition) is 5. The zero-order valence-electron chi connectivity index (χ0n) is 28.1. The van der Waals surface area contributed by atoms with E-state index in [1.54, 1.807) is 67.6 Å². The van der Waals surface area contributed by atoms with Gasteiger partial charge in [0, 0.05) is 19.5 Å². The van der Waals surface area contributed by atoms with Crippen molar-refractivity contribution in [2.45, 2.75) is 50.9 Å². The third-order valence-corrected chi connectivity index (χ3v) is 9.99. The maximum absolute atomic E-state index is 14.6. The van der Waals surface area contributed by atoms with E-state index in [9.17, 15) is 31.2 Å². The van der Waals surface area contributed by atoms with Gasteiger partial charge in [-0.15, -0.1) is 0 Å². The van der Waals surface area contributed by atoms with Gasteiger partial charge in [0.05, 0.1) is 28.3 Å². The highest BCUT2D eigenvalue weighted by molar-refractivity contribution is 7.92. The lowest BCUT2D eigenvalue weighted by Gasteiger charge is -2.34. The second-order valence-electron chi connectivity index (χ2n) is 12.2. The number of ether oxygens (including phenoxy) is 1. The molecule has 0 saturated heterocycles. The second-order valence-corrected chi connectivity index (χ2v) is 14.5. The van der Waals surface area contributed by atoms with Gasteiger partial charge in [-0.2, -0.15) is 13.2 Å². The Morgan fingerprint density at radius 1 is 0.900 bits per heavy atom. The van der Waals surface area contributed by atoms with Crippen LogP contribution < -0.4 is 14.4 Å². The molecule has 1 N–H and O–H groups in total. The molecule has 0 radical (unpaired) electrons. The Labute approximate surface area is 295 Å². The Bertz CT molecular complexity index is 1890. The molecule has 0 saturated carbocycles. The smallest absolute Gasteiger partial charge is 0.417 e. The van der Waals surface area contributed by atoms with Crippen LogP contribution in [0.1, 0.15) is 36.1 Å². The molecule has 0 spiro atoms. The normalized spacial score (nSPS) is 12.3. The molecular formula is C37H39ClF3N3O5S. The lowest BCUT2D eigenvalue weighted by molar-refractivity contribution is -0.140. The van der Waals surface area contributed by atoms with Gasteiger partial charge in [-0.05, 0) is 66.4 Å². The number of anilines is 1. The van der Waals surface area contributed by atoms with Crippen molar-refractivity contribution in [3.63, 3.8) is 0 Å². The summed E-state index contributed by atoms with van der Waals surface area (Å²) in [5.74, 6) is -0.727. The maximum atomic E-state index is 14.6. The van der Waals surface area contributed by atoms with Gasteiger partial charge in [0.2, 0.25) is 11.8 Å². The first-order valence-electron chi connectivity index (χ1n) is 15.8. The van der Waals surface area contributed by atoms with Gasteiger partial charge < -0.3 is 15.0 Å². The van der Waals surface area contributed by atoms with Gasteiger partial charge in [0.15, 0.2) is 0 Å². The summed E-state index contributed by atoms with van der Waals surface area (Å²) in [5, 5.41) is 2.26. The van der Waals surface area contributed by atoms with Gasteiger partial charge in [0.1, 0.15) is 18.3 Å². The zero-order chi connectivity index (χ0) is 36.6. The van der Waals surface area contributed by atoms with Crippen molar-refractivity contribution in [1.29, 1.82) is 0 Å². The number of benzene rings is 4. The van der Waals surface area contributed by atoms with Crippen molar-refractivity contribution < 1.29 is 35.9 Å². The average Bonchev–Trinajstić information content (AvgIpc) is 3.08. The molecule has 0 aliphatic carbocycles. The number of methoxy groups -OCH3 is 1. The highest BCUT2D eigenvalue weighted by Gasteiger charge is 2.37. The van der Waals surface area contributed by atoms with Crippen LogP contribution in [0, 0.1) is 12.8 Å². The maximum Gasteiger partial charge on any atom is 0.417 e. The molecule has 4 rings (SSSR count). The number of nitrogens with zero attached hydrogens (tertiary/aromatic N) is 2. The summed E-state index contributed by atoms with van der Waals surface area (Å²) in [7, 11) is -3.15. The SMILES string of the molecule is COc1cccc(CN(C(=O)CN(c2ccc(Cl)c(C(F)(F)F)c2)S(=O)(=O)c2ccc(C)cc2)C(Cc2ccccc2)C(=O)NCC(C)C)c1. The van der Waals surface area contributed by atoms with E-state index in [0.717, 1.165) is 23.3 Å². The lowest BCUT2D eigenvalue weighted by atomic mass is 10.0. The van der Waals surface area contributed by atoms with Crippen LogP contribution in [0.5, 0.6) is 5.75 Å². The van der Waals surface area contributed by atoms with Gasteiger partial charge in [-0.1, -0.05) is 85.6 Å². The molecule has 8 nitrogen and oxygen atoms in total. The second kappa shape index (κ2) is 16.4. The van der Waals surface area contributed by atoms with E-state index in [2.05, 4.69) is 5.32 Å². The fourth-order valence-electron chi connectivity index (χ4n) is 5.20. The predicted molar refractivity (Wildman–Crippen MR) is 187 cm³/mol. The van der Waals surface area contributed by atoms with E-state index in [0.29, 0.717) is 28.2 Å². The van der Waals surface area contributed by atoms with Gasteiger partial charge in [0.25, 0.3) is 10.0 Å². The number of carbonyl (C=O) groups excluding carboxylic acids is 2. The molecule has 0 bridgehead atoms. The van der Waals surface area contributed by atoms with Crippen LogP contribution in [0.25, 0.3) is 0 Å². The molecule has 4 aromatic carbocycles. The number of aryl methyl sites for hydroxylation is 1. The van der Waals surface area contributed by atoms with E-state index in [4.69, 9.17) is 16.3 Å². The largest absolute Gasteiger partial charge is 0.497 e. The minimum atomic E-state index is -4.91. The molecule has 2 amide bonds. The predicted octanol–water partition coefficient (Wildman–Crippen LogP) is 7.28. The van der Waals surface area contributed by atoms with Crippen LogP contribution in [0.3, 0.4) is 0 Å². The number of amides is 2. The third kappa shape index (κ3) is 9.79. The first kappa shape index (κ1) is 38.3. The molecule has 1 atom stereocenters. The quantitative estimate of drug-likeness (QED) is 0.147. The van der Waals surface area contributed by atoms with E-state index in [1.807, 2.05) is 19.9 Å². The first-order chi connectivity index (χ1) is 23.6. The van der Waals surface area contributed by atoms with Gasteiger partial charge >= 0.3 is 6.18 Å². The van der Waals surface area contributed by atoms with Crippen LogP contribution in [-0.4, -0.2) is 51.4 Å². The topological polar surface area (TPSA) is 96.0 Å². The molecule has 1 unspecified atom stereocenters. The monoisotopic (exact) mass is 729 g/mol. The first-order valence-corrected chi connectivity index (χ1v) is 17.6. The van der Waals surface area contributed by atoms with Crippen LogP contribution in [0.2, 0.25) is 5.02 Å². The third-order valence-electron chi connectivity index (χ3n) is 7.87. The molecule has 266 valence electrons. The fraction of sp³-hybridized carbons (Fsp3) is 0.297. The van der Waals surface area contributed by atoms with Crippen LogP contribution in [-0.2, 0) is 38.8 Å². The highest BCUT2D eigenvalue weighted by Crippen LogP contribution is 2.38. The van der Waals surface area contributed by atoms with Crippen LogP contribution in [0.15, 0.2) is 102 Å². The minimum Gasteiger partial charge on any atom is -0.497 e. The molecule has 0 heterocycles. The number of sulfonamides is 1. The molecule has 0 aliphatic heterocycles. The number of alkyl halides is 3. The Morgan fingerprint density at radius 2 is 1.56 bits per heavy atom. The number of hydrogen-bond donors (Lipinski definition) is 1. The van der Waals surface area contributed by atoms with Crippen LogP contribution in [0.4, 0.5) is 18.9 Å².